The van der Waals surface area contributed by atoms with Crippen molar-refractivity contribution < 1.29 is 17.6 Å². The van der Waals surface area contributed by atoms with Crippen LogP contribution in [-0.4, -0.2) is 24.9 Å². The summed E-state index contributed by atoms with van der Waals surface area (Å²) in [5, 5.41) is 2.75. The summed E-state index contributed by atoms with van der Waals surface area (Å²) in [6.07, 6.45) is 0.0638. The van der Waals surface area contributed by atoms with Crippen molar-refractivity contribution in [3.63, 3.8) is 0 Å². The predicted molar refractivity (Wildman–Crippen MR) is 72.8 cm³/mol. The van der Waals surface area contributed by atoms with Crippen molar-refractivity contribution in [2.75, 3.05) is 6.54 Å². The smallest absolute Gasteiger partial charge is 0.308 e. The van der Waals surface area contributed by atoms with Crippen molar-refractivity contribution in [2.45, 2.75) is 44.1 Å². The van der Waals surface area contributed by atoms with Gasteiger partial charge in [0.15, 0.2) is 0 Å². The SMILES string of the molecule is FC(F)C(F)(F)CNC1C2CCC1Cc1ccccc1C2. The van der Waals surface area contributed by atoms with Gasteiger partial charge in [0, 0.05) is 6.04 Å². The summed E-state index contributed by atoms with van der Waals surface area (Å²) in [7, 11) is 0. The van der Waals surface area contributed by atoms with E-state index in [4.69, 9.17) is 0 Å². The average molecular weight is 301 g/mol. The van der Waals surface area contributed by atoms with Crippen LogP contribution in [0.5, 0.6) is 0 Å². The number of fused-ring (bicyclic) bond motifs is 3. The molecule has 0 saturated heterocycles. The van der Waals surface area contributed by atoms with Gasteiger partial charge in [0.05, 0.1) is 6.54 Å². The molecule has 1 nitrogen and oxygen atoms in total. The predicted octanol–water partition coefficient (Wildman–Crippen LogP) is 3.67. The number of halogens is 4. The molecule has 0 spiro atoms. The van der Waals surface area contributed by atoms with Crippen molar-refractivity contribution >= 4 is 0 Å². The number of hydrogen-bond donors (Lipinski definition) is 1. The van der Waals surface area contributed by atoms with Crippen LogP contribution in [0.1, 0.15) is 24.0 Å². The quantitative estimate of drug-likeness (QED) is 0.837. The van der Waals surface area contributed by atoms with E-state index in [-0.39, 0.29) is 17.9 Å². The molecular formula is C16H19F4N. The first-order valence-electron chi connectivity index (χ1n) is 7.43. The van der Waals surface area contributed by atoms with E-state index < -0.39 is 18.9 Å². The maximum atomic E-state index is 13.1. The molecule has 21 heavy (non-hydrogen) atoms. The number of nitrogens with one attached hydrogen (secondary N) is 1. The first kappa shape index (κ1) is 14.8. The minimum absolute atomic E-state index is 0.0815. The molecule has 0 aliphatic heterocycles. The zero-order chi connectivity index (χ0) is 15.0. The molecule has 0 heterocycles. The van der Waals surface area contributed by atoms with Crippen LogP contribution < -0.4 is 5.32 Å². The normalized spacial score (nSPS) is 28.5. The molecule has 1 N–H and O–H groups in total. The Bertz CT molecular complexity index is 470. The Hall–Kier alpha value is -1.10. The highest BCUT2D eigenvalue weighted by Crippen LogP contribution is 2.40. The lowest BCUT2D eigenvalue weighted by molar-refractivity contribution is -0.127. The van der Waals surface area contributed by atoms with Gasteiger partial charge in [0.25, 0.3) is 0 Å². The fraction of sp³-hybridized carbons (Fsp3) is 0.625. The molecule has 0 amide bonds. The molecule has 116 valence electrons. The van der Waals surface area contributed by atoms with Crippen LogP contribution in [0.15, 0.2) is 24.3 Å². The number of rotatable bonds is 4. The molecule has 3 rings (SSSR count). The molecule has 2 aliphatic rings. The molecule has 2 aliphatic carbocycles. The summed E-state index contributed by atoms with van der Waals surface area (Å²) in [5.74, 6) is -3.40. The summed E-state index contributed by atoms with van der Waals surface area (Å²) in [4.78, 5) is 0. The van der Waals surface area contributed by atoms with E-state index in [9.17, 15) is 17.6 Å². The standard InChI is InChI=1S/C16H19F4N/c17-15(18)16(19,20)9-21-14-12-5-6-13(14)8-11-4-2-1-3-10(11)7-12/h1-4,12-15,21H,5-9H2. The van der Waals surface area contributed by atoms with Gasteiger partial charge in [-0.3, -0.25) is 0 Å². The summed E-state index contributed by atoms with van der Waals surface area (Å²) < 4.78 is 50.8. The highest BCUT2D eigenvalue weighted by atomic mass is 19.3. The van der Waals surface area contributed by atoms with Crippen LogP contribution in [0.3, 0.4) is 0 Å². The van der Waals surface area contributed by atoms with Crippen LogP contribution in [0.2, 0.25) is 0 Å². The van der Waals surface area contributed by atoms with Crippen LogP contribution >= 0.6 is 0 Å². The van der Waals surface area contributed by atoms with Gasteiger partial charge < -0.3 is 5.32 Å². The van der Waals surface area contributed by atoms with E-state index in [1.54, 1.807) is 0 Å². The largest absolute Gasteiger partial charge is 0.319 e. The highest BCUT2D eigenvalue weighted by molar-refractivity contribution is 5.30. The number of hydrogen-bond acceptors (Lipinski definition) is 1. The third kappa shape index (κ3) is 2.93. The van der Waals surface area contributed by atoms with Crippen LogP contribution in [0, 0.1) is 11.8 Å². The maximum Gasteiger partial charge on any atom is 0.319 e. The van der Waals surface area contributed by atoms with Crippen molar-refractivity contribution in [1.82, 2.24) is 5.32 Å². The molecular weight excluding hydrogens is 282 g/mol. The molecule has 1 aromatic rings. The Balaban J connectivity index is 1.71. The first-order valence-corrected chi connectivity index (χ1v) is 7.43. The molecule has 2 unspecified atom stereocenters. The number of benzene rings is 1. The van der Waals surface area contributed by atoms with Crippen molar-refractivity contribution in [3.8, 4) is 0 Å². The Morgan fingerprint density at radius 2 is 1.57 bits per heavy atom. The third-order valence-corrected chi connectivity index (χ3v) is 4.90. The Kier molecular flexibility index (Phi) is 3.95. The van der Waals surface area contributed by atoms with E-state index in [1.165, 1.54) is 11.1 Å². The molecule has 0 aromatic heterocycles. The monoisotopic (exact) mass is 301 g/mol. The van der Waals surface area contributed by atoms with Crippen molar-refractivity contribution in [2.24, 2.45) is 11.8 Å². The van der Waals surface area contributed by atoms with E-state index in [0.717, 1.165) is 25.7 Å². The van der Waals surface area contributed by atoms with Gasteiger partial charge in [-0.2, -0.15) is 8.78 Å². The lowest BCUT2D eigenvalue weighted by Gasteiger charge is -2.26. The average Bonchev–Trinajstić information content (AvgIpc) is 2.71. The summed E-state index contributed by atoms with van der Waals surface area (Å²) in [6.45, 7) is -0.932. The molecule has 1 fully saturated rings. The van der Waals surface area contributed by atoms with Crippen LogP contribution in [0.25, 0.3) is 0 Å². The molecule has 5 heteroatoms. The molecule has 1 aromatic carbocycles. The van der Waals surface area contributed by atoms with Gasteiger partial charge in [0.1, 0.15) is 0 Å². The second-order valence-electron chi connectivity index (χ2n) is 6.24. The zero-order valence-corrected chi connectivity index (χ0v) is 11.7. The van der Waals surface area contributed by atoms with Crippen molar-refractivity contribution in [1.29, 1.82) is 0 Å². The third-order valence-electron chi connectivity index (χ3n) is 4.90. The van der Waals surface area contributed by atoms with Gasteiger partial charge in [-0.05, 0) is 48.6 Å². The Labute approximate surface area is 121 Å². The lowest BCUT2D eigenvalue weighted by atomic mass is 9.94. The molecule has 1 saturated carbocycles. The van der Waals surface area contributed by atoms with Gasteiger partial charge in [-0.1, -0.05) is 24.3 Å². The van der Waals surface area contributed by atoms with Gasteiger partial charge in [0.2, 0.25) is 0 Å². The van der Waals surface area contributed by atoms with Gasteiger partial charge in [-0.25, -0.2) is 8.78 Å². The van der Waals surface area contributed by atoms with Crippen LogP contribution in [0.4, 0.5) is 17.6 Å². The maximum absolute atomic E-state index is 13.1. The van der Waals surface area contributed by atoms with Crippen molar-refractivity contribution in [3.05, 3.63) is 35.4 Å². The van der Waals surface area contributed by atoms with Gasteiger partial charge >= 0.3 is 12.3 Å². The summed E-state index contributed by atoms with van der Waals surface area (Å²) in [6, 6.07) is 8.07. The minimum Gasteiger partial charge on any atom is -0.308 e. The summed E-state index contributed by atoms with van der Waals surface area (Å²) >= 11 is 0. The van der Waals surface area contributed by atoms with Gasteiger partial charge in [-0.15, -0.1) is 0 Å². The zero-order valence-electron chi connectivity index (χ0n) is 11.7. The van der Waals surface area contributed by atoms with E-state index in [2.05, 4.69) is 17.4 Å². The fourth-order valence-corrected chi connectivity index (χ4v) is 3.82. The molecule has 2 bridgehead atoms. The Morgan fingerprint density at radius 3 is 2.05 bits per heavy atom. The fourth-order valence-electron chi connectivity index (χ4n) is 3.82. The topological polar surface area (TPSA) is 12.0 Å². The number of alkyl halides is 4. The minimum atomic E-state index is -3.95. The Morgan fingerprint density at radius 1 is 1.05 bits per heavy atom. The van der Waals surface area contributed by atoms with Crippen LogP contribution in [-0.2, 0) is 12.8 Å². The highest BCUT2D eigenvalue weighted by Gasteiger charge is 2.44. The van der Waals surface area contributed by atoms with E-state index in [1.807, 2.05) is 12.1 Å². The molecule has 0 radical (unpaired) electrons. The van der Waals surface area contributed by atoms with E-state index in [0.29, 0.717) is 0 Å². The molecule has 2 atom stereocenters. The summed E-state index contributed by atoms with van der Waals surface area (Å²) in [5.41, 5.74) is 2.55. The lowest BCUT2D eigenvalue weighted by Crippen LogP contribution is -2.46. The second-order valence-corrected chi connectivity index (χ2v) is 6.24. The van der Waals surface area contributed by atoms with E-state index >= 15 is 0 Å². The first-order chi connectivity index (χ1) is 9.97. The second kappa shape index (κ2) is 5.59.